The van der Waals surface area contributed by atoms with Crippen molar-refractivity contribution < 1.29 is 19.4 Å². The van der Waals surface area contributed by atoms with Crippen LogP contribution in [-0.2, 0) is 4.79 Å². The molecule has 5 heteroatoms. The Hall–Kier alpha value is -1.75. The third kappa shape index (κ3) is 2.41. The average molecular weight is 251 g/mol. The number of nitrogens with one attached hydrogen (secondary N) is 1. The predicted molar refractivity (Wildman–Crippen MR) is 66.3 cm³/mol. The first-order chi connectivity index (χ1) is 8.65. The zero-order valence-electron chi connectivity index (χ0n) is 10.5. The number of ether oxygens (including phenoxy) is 2. The second-order valence-corrected chi connectivity index (χ2v) is 4.31. The molecule has 18 heavy (non-hydrogen) atoms. The number of carboxylic acids is 1. The van der Waals surface area contributed by atoms with E-state index in [-0.39, 0.29) is 5.92 Å². The summed E-state index contributed by atoms with van der Waals surface area (Å²) in [7, 11) is 3.17. The number of rotatable bonds is 4. The van der Waals surface area contributed by atoms with Crippen LogP contribution in [-0.4, -0.2) is 37.9 Å². The zero-order chi connectivity index (χ0) is 13.1. The molecule has 0 saturated carbocycles. The fourth-order valence-electron chi connectivity index (χ4n) is 2.37. The molecule has 0 unspecified atom stereocenters. The Morgan fingerprint density at radius 2 is 1.89 bits per heavy atom. The first-order valence-electron chi connectivity index (χ1n) is 5.85. The van der Waals surface area contributed by atoms with E-state index in [0.717, 1.165) is 12.0 Å². The van der Waals surface area contributed by atoms with Gasteiger partial charge in [0, 0.05) is 12.0 Å². The monoisotopic (exact) mass is 251 g/mol. The number of carboxylic acid groups (broad SMARTS) is 1. The van der Waals surface area contributed by atoms with Crippen LogP contribution in [0, 0.1) is 0 Å². The second kappa shape index (κ2) is 5.27. The molecular formula is C13H17NO4. The van der Waals surface area contributed by atoms with Crippen molar-refractivity contribution in [3.05, 3.63) is 23.8 Å². The van der Waals surface area contributed by atoms with Crippen LogP contribution in [0.3, 0.4) is 0 Å². The Kier molecular flexibility index (Phi) is 3.72. The number of methoxy groups -OCH3 is 2. The maximum atomic E-state index is 11.2. The van der Waals surface area contributed by atoms with E-state index in [1.807, 2.05) is 12.1 Å². The molecule has 1 saturated heterocycles. The van der Waals surface area contributed by atoms with Gasteiger partial charge in [-0.2, -0.15) is 0 Å². The molecule has 0 aromatic heterocycles. The Labute approximate surface area is 106 Å². The van der Waals surface area contributed by atoms with Gasteiger partial charge in [0.1, 0.15) is 17.5 Å². The van der Waals surface area contributed by atoms with Crippen molar-refractivity contribution in [3.8, 4) is 11.5 Å². The van der Waals surface area contributed by atoms with Gasteiger partial charge in [-0.05, 0) is 30.7 Å². The quantitative estimate of drug-likeness (QED) is 0.842. The van der Waals surface area contributed by atoms with Crippen LogP contribution in [0.25, 0.3) is 0 Å². The van der Waals surface area contributed by atoms with Gasteiger partial charge in [-0.25, -0.2) is 0 Å². The molecule has 0 radical (unpaired) electrons. The van der Waals surface area contributed by atoms with Gasteiger partial charge < -0.3 is 19.9 Å². The van der Waals surface area contributed by atoms with E-state index in [2.05, 4.69) is 5.32 Å². The Bertz CT molecular complexity index is 424. The van der Waals surface area contributed by atoms with Gasteiger partial charge in [-0.1, -0.05) is 0 Å². The minimum atomic E-state index is -0.820. The fraction of sp³-hybridized carbons (Fsp3) is 0.462. The van der Waals surface area contributed by atoms with Crippen molar-refractivity contribution in [1.29, 1.82) is 0 Å². The minimum Gasteiger partial charge on any atom is -0.497 e. The number of aliphatic carboxylic acids is 1. The fourth-order valence-corrected chi connectivity index (χ4v) is 2.37. The summed E-state index contributed by atoms with van der Waals surface area (Å²) in [6.07, 6.45) is 0.799. The lowest BCUT2D eigenvalue weighted by Gasteiger charge is -2.17. The van der Waals surface area contributed by atoms with Crippen molar-refractivity contribution in [3.63, 3.8) is 0 Å². The van der Waals surface area contributed by atoms with Crippen LogP contribution < -0.4 is 14.8 Å². The summed E-state index contributed by atoms with van der Waals surface area (Å²) in [6.45, 7) is 0.709. The van der Waals surface area contributed by atoms with Crippen LogP contribution >= 0.6 is 0 Å². The molecule has 2 N–H and O–H groups in total. The van der Waals surface area contributed by atoms with Crippen LogP contribution in [0.1, 0.15) is 17.9 Å². The SMILES string of the molecule is COc1cc(OC)cc([C@H]2CCN[C@@H]2C(=O)O)c1. The highest BCUT2D eigenvalue weighted by molar-refractivity contribution is 5.75. The summed E-state index contributed by atoms with van der Waals surface area (Å²) in [5, 5.41) is 12.2. The number of hydrogen-bond donors (Lipinski definition) is 2. The predicted octanol–water partition coefficient (Wildman–Crippen LogP) is 1.23. The van der Waals surface area contributed by atoms with Crippen molar-refractivity contribution >= 4 is 5.97 Å². The van der Waals surface area contributed by atoms with E-state index in [1.54, 1.807) is 20.3 Å². The number of carbonyl (C=O) groups is 1. The van der Waals surface area contributed by atoms with E-state index in [1.165, 1.54) is 0 Å². The summed E-state index contributed by atoms with van der Waals surface area (Å²) in [6, 6.07) is 4.98. The molecule has 5 nitrogen and oxygen atoms in total. The molecule has 1 fully saturated rings. The van der Waals surface area contributed by atoms with Gasteiger partial charge in [0.05, 0.1) is 14.2 Å². The molecule has 1 aromatic carbocycles. The maximum Gasteiger partial charge on any atom is 0.321 e. The van der Waals surface area contributed by atoms with E-state index in [4.69, 9.17) is 9.47 Å². The Morgan fingerprint density at radius 3 is 2.39 bits per heavy atom. The zero-order valence-corrected chi connectivity index (χ0v) is 10.5. The van der Waals surface area contributed by atoms with Gasteiger partial charge in [0.2, 0.25) is 0 Å². The molecule has 1 aromatic rings. The van der Waals surface area contributed by atoms with Crippen LogP contribution in [0.4, 0.5) is 0 Å². The number of benzene rings is 1. The first kappa shape index (κ1) is 12.7. The smallest absolute Gasteiger partial charge is 0.321 e. The average Bonchev–Trinajstić information content (AvgIpc) is 2.87. The Balaban J connectivity index is 2.34. The van der Waals surface area contributed by atoms with Crippen molar-refractivity contribution in [2.24, 2.45) is 0 Å². The van der Waals surface area contributed by atoms with E-state index in [0.29, 0.717) is 18.0 Å². The normalized spacial score (nSPS) is 22.8. The highest BCUT2D eigenvalue weighted by Gasteiger charge is 2.34. The van der Waals surface area contributed by atoms with Gasteiger partial charge in [0.15, 0.2) is 0 Å². The molecule has 2 atom stereocenters. The number of hydrogen-bond acceptors (Lipinski definition) is 4. The topological polar surface area (TPSA) is 67.8 Å². The van der Waals surface area contributed by atoms with Gasteiger partial charge >= 0.3 is 5.97 Å². The molecule has 0 spiro atoms. The minimum absolute atomic E-state index is 0.0495. The van der Waals surface area contributed by atoms with Crippen LogP contribution in [0.5, 0.6) is 11.5 Å². The standard InChI is InChI=1S/C13H17NO4/c1-17-9-5-8(6-10(7-9)18-2)11-3-4-14-12(11)13(15)16/h5-7,11-12,14H,3-4H2,1-2H3,(H,15,16)/t11-,12+/m1/s1. The van der Waals surface area contributed by atoms with Crippen LogP contribution in [0.15, 0.2) is 18.2 Å². The lowest BCUT2D eigenvalue weighted by atomic mass is 9.91. The van der Waals surface area contributed by atoms with E-state index < -0.39 is 12.0 Å². The Morgan fingerprint density at radius 1 is 1.28 bits per heavy atom. The molecule has 1 aliphatic heterocycles. The lowest BCUT2D eigenvalue weighted by molar-refractivity contribution is -0.139. The first-order valence-corrected chi connectivity index (χ1v) is 5.85. The van der Waals surface area contributed by atoms with E-state index >= 15 is 0 Å². The molecule has 98 valence electrons. The summed E-state index contributed by atoms with van der Waals surface area (Å²) in [5.41, 5.74) is 0.934. The third-order valence-electron chi connectivity index (χ3n) is 3.29. The third-order valence-corrected chi connectivity index (χ3v) is 3.29. The summed E-state index contributed by atoms with van der Waals surface area (Å²) in [4.78, 5) is 11.2. The van der Waals surface area contributed by atoms with Gasteiger partial charge in [-0.3, -0.25) is 4.79 Å². The molecule has 1 heterocycles. The van der Waals surface area contributed by atoms with Crippen molar-refractivity contribution in [2.75, 3.05) is 20.8 Å². The maximum absolute atomic E-state index is 11.2. The van der Waals surface area contributed by atoms with E-state index in [9.17, 15) is 9.90 Å². The lowest BCUT2D eigenvalue weighted by Crippen LogP contribution is -2.34. The molecule has 0 bridgehead atoms. The highest BCUT2D eigenvalue weighted by Crippen LogP contribution is 2.33. The van der Waals surface area contributed by atoms with Crippen molar-refractivity contribution in [2.45, 2.75) is 18.4 Å². The summed E-state index contributed by atoms with van der Waals surface area (Å²) in [5.74, 6) is 0.492. The molecule has 1 aliphatic rings. The molecule has 2 rings (SSSR count). The molecular weight excluding hydrogens is 234 g/mol. The van der Waals surface area contributed by atoms with Crippen molar-refractivity contribution in [1.82, 2.24) is 5.32 Å². The van der Waals surface area contributed by atoms with Crippen LogP contribution in [0.2, 0.25) is 0 Å². The molecule has 0 aliphatic carbocycles. The highest BCUT2D eigenvalue weighted by atomic mass is 16.5. The summed E-state index contributed by atoms with van der Waals surface area (Å²) < 4.78 is 10.4. The largest absolute Gasteiger partial charge is 0.497 e. The summed E-state index contributed by atoms with van der Waals surface area (Å²) >= 11 is 0. The van der Waals surface area contributed by atoms with Gasteiger partial charge in [-0.15, -0.1) is 0 Å². The molecule has 0 amide bonds. The van der Waals surface area contributed by atoms with Gasteiger partial charge in [0.25, 0.3) is 0 Å². The second-order valence-electron chi connectivity index (χ2n) is 4.31.